The van der Waals surface area contributed by atoms with E-state index < -0.39 is 0 Å². The fourth-order valence-corrected chi connectivity index (χ4v) is 3.61. The van der Waals surface area contributed by atoms with Crippen molar-refractivity contribution in [1.29, 1.82) is 0 Å². The van der Waals surface area contributed by atoms with Gasteiger partial charge in [-0.05, 0) is 64.6 Å². The molecule has 0 atom stereocenters. The largest absolute Gasteiger partial charge is 0.314 e. The van der Waals surface area contributed by atoms with E-state index in [0.717, 1.165) is 12.0 Å². The number of likely N-dealkylation sites (tertiary alicyclic amines) is 1. The zero-order valence-electron chi connectivity index (χ0n) is 12.7. The number of nitrogens with zero attached hydrogens (tertiary/aromatic N) is 2. The fraction of sp³-hybridized carbons (Fsp3) is 0.800. The van der Waals surface area contributed by atoms with Crippen LogP contribution in [0.25, 0.3) is 0 Å². The highest BCUT2D eigenvalue weighted by Crippen LogP contribution is 2.28. The van der Waals surface area contributed by atoms with Crippen molar-refractivity contribution in [3.8, 4) is 0 Å². The number of nitrogens with one attached hydrogen (secondary N) is 1. The van der Waals surface area contributed by atoms with Gasteiger partial charge in [0.15, 0.2) is 0 Å². The number of thiazole rings is 1. The lowest BCUT2D eigenvalue weighted by molar-refractivity contribution is 0.199. The fourth-order valence-electron chi connectivity index (χ4n) is 2.84. The Balaban J connectivity index is 0.00000110. The number of hydrogen-bond acceptors (Lipinski definition) is 4. The summed E-state index contributed by atoms with van der Waals surface area (Å²) < 4.78 is 0. The average Bonchev–Trinajstić information content (AvgIpc) is 3.18. The second-order valence-electron chi connectivity index (χ2n) is 6.08. The van der Waals surface area contributed by atoms with Crippen molar-refractivity contribution in [2.24, 2.45) is 5.92 Å². The number of hydrogen-bond donors (Lipinski definition) is 1. The Hall–Kier alpha value is 0.130. The number of aromatic nitrogens is 1. The standard InChI is InChI=1S/C15H25N3S.2ClH/c1-12-15(19-11-17-12)6-9-18-7-4-14(5-8-18)16-10-13-2-3-13;;/h11,13-14,16H,2-10H2,1H3;2*1H. The highest BCUT2D eigenvalue weighted by molar-refractivity contribution is 7.09. The molecular formula is C15H27Cl2N3S. The number of aryl methyl sites for hydroxylation is 1. The molecule has 3 rings (SSSR count). The minimum atomic E-state index is 0. The van der Waals surface area contributed by atoms with Crippen LogP contribution in [0.15, 0.2) is 5.51 Å². The van der Waals surface area contributed by atoms with Gasteiger partial charge >= 0.3 is 0 Å². The number of piperidine rings is 1. The van der Waals surface area contributed by atoms with Crippen molar-refractivity contribution in [2.75, 3.05) is 26.2 Å². The summed E-state index contributed by atoms with van der Waals surface area (Å²) in [6, 6.07) is 0.780. The Morgan fingerprint density at radius 2 is 1.95 bits per heavy atom. The van der Waals surface area contributed by atoms with Crippen molar-refractivity contribution in [2.45, 2.75) is 45.1 Å². The molecule has 1 saturated heterocycles. The van der Waals surface area contributed by atoms with E-state index in [9.17, 15) is 0 Å². The highest BCUT2D eigenvalue weighted by Gasteiger charge is 2.24. The SMILES string of the molecule is Cc1ncsc1CCN1CCC(NCC2CC2)CC1.Cl.Cl. The van der Waals surface area contributed by atoms with E-state index in [4.69, 9.17) is 0 Å². The Bertz CT molecular complexity index is 401. The van der Waals surface area contributed by atoms with Gasteiger partial charge in [-0.15, -0.1) is 36.2 Å². The second-order valence-corrected chi connectivity index (χ2v) is 7.02. The maximum atomic E-state index is 4.33. The Labute approximate surface area is 144 Å². The minimum Gasteiger partial charge on any atom is -0.314 e. The van der Waals surface area contributed by atoms with Crippen LogP contribution in [0, 0.1) is 12.8 Å². The molecule has 0 radical (unpaired) electrons. The summed E-state index contributed by atoms with van der Waals surface area (Å²) in [6.45, 7) is 7.13. The minimum absolute atomic E-state index is 0. The van der Waals surface area contributed by atoms with E-state index in [1.807, 2.05) is 5.51 Å². The maximum Gasteiger partial charge on any atom is 0.0797 e. The molecule has 0 unspecified atom stereocenters. The van der Waals surface area contributed by atoms with E-state index in [0.29, 0.717) is 0 Å². The first kappa shape index (κ1) is 19.2. The maximum absolute atomic E-state index is 4.33. The van der Waals surface area contributed by atoms with Gasteiger partial charge in [-0.2, -0.15) is 0 Å². The van der Waals surface area contributed by atoms with Crippen LogP contribution in [0.4, 0.5) is 0 Å². The first-order chi connectivity index (χ1) is 9.31. The normalized spacial score (nSPS) is 19.9. The van der Waals surface area contributed by atoms with Gasteiger partial charge in [0.1, 0.15) is 0 Å². The molecule has 1 aromatic rings. The first-order valence-electron chi connectivity index (χ1n) is 7.66. The lowest BCUT2D eigenvalue weighted by Gasteiger charge is -2.32. The van der Waals surface area contributed by atoms with E-state index in [2.05, 4.69) is 22.1 Å². The van der Waals surface area contributed by atoms with Gasteiger partial charge < -0.3 is 10.2 Å². The van der Waals surface area contributed by atoms with Crippen molar-refractivity contribution in [1.82, 2.24) is 15.2 Å². The van der Waals surface area contributed by atoms with Crippen LogP contribution < -0.4 is 5.32 Å². The monoisotopic (exact) mass is 351 g/mol. The highest BCUT2D eigenvalue weighted by atomic mass is 35.5. The Morgan fingerprint density at radius 1 is 1.24 bits per heavy atom. The van der Waals surface area contributed by atoms with Crippen LogP contribution in [0.5, 0.6) is 0 Å². The molecule has 1 N–H and O–H groups in total. The van der Waals surface area contributed by atoms with Crippen LogP contribution in [0.2, 0.25) is 0 Å². The molecule has 0 bridgehead atoms. The van der Waals surface area contributed by atoms with Gasteiger partial charge in [-0.1, -0.05) is 0 Å². The van der Waals surface area contributed by atoms with E-state index in [1.54, 1.807) is 11.3 Å². The van der Waals surface area contributed by atoms with Crippen molar-refractivity contribution in [3.05, 3.63) is 16.1 Å². The van der Waals surface area contributed by atoms with Crippen LogP contribution in [0.1, 0.15) is 36.3 Å². The third-order valence-corrected chi connectivity index (χ3v) is 5.47. The lowest BCUT2D eigenvalue weighted by Crippen LogP contribution is -2.43. The van der Waals surface area contributed by atoms with Gasteiger partial charge in [-0.25, -0.2) is 4.98 Å². The second kappa shape index (κ2) is 9.31. The molecule has 3 nitrogen and oxygen atoms in total. The Kier molecular flexibility index (Phi) is 8.50. The predicted octanol–water partition coefficient (Wildman–Crippen LogP) is 3.30. The number of halogens is 2. The van der Waals surface area contributed by atoms with E-state index in [-0.39, 0.29) is 24.8 Å². The molecule has 1 aromatic heterocycles. The quantitative estimate of drug-likeness (QED) is 0.852. The molecule has 2 heterocycles. The number of rotatable bonds is 6. The lowest BCUT2D eigenvalue weighted by atomic mass is 10.0. The predicted molar refractivity (Wildman–Crippen MR) is 95.2 cm³/mol. The molecule has 1 saturated carbocycles. The van der Waals surface area contributed by atoms with Gasteiger partial charge in [0.25, 0.3) is 0 Å². The summed E-state index contributed by atoms with van der Waals surface area (Å²) in [6.07, 6.45) is 6.75. The van der Waals surface area contributed by atoms with Crippen molar-refractivity contribution < 1.29 is 0 Å². The van der Waals surface area contributed by atoms with Crippen molar-refractivity contribution in [3.63, 3.8) is 0 Å². The topological polar surface area (TPSA) is 28.2 Å². The van der Waals surface area contributed by atoms with Crippen LogP contribution >= 0.6 is 36.2 Å². The van der Waals surface area contributed by atoms with Gasteiger partial charge in [0, 0.05) is 17.5 Å². The molecule has 1 aliphatic carbocycles. The summed E-state index contributed by atoms with van der Waals surface area (Å²) in [5.74, 6) is 1.01. The van der Waals surface area contributed by atoms with Gasteiger partial charge in [0.2, 0.25) is 0 Å². The van der Waals surface area contributed by atoms with Crippen LogP contribution in [-0.4, -0.2) is 42.1 Å². The molecule has 122 valence electrons. The van der Waals surface area contributed by atoms with Gasteiger partial charge in [-0.3, -0.25) is 0 Å². The summed E-state index contributed by atoms with van der Waals surface area (Å²) in [5, 5.41) is 3.75. The van der Waals surface area contributed by atoms with Crippen molar-refractivity contribution >= 4 is 36.2 Å². The average molecular weight is 352 g/mol. The zero-order chi connectivity index (χ0) is 13.1. The Morgan fingerprint density at radius 3 is 2.52 bits per heavy atom. The van der Waals surface area contributed by atoms with E-state index >= 15 is 0 Å². The smallest absolute Gasteiger partial charge is 0.0797 e. The molecule has 0 spiro atoms. The van der Waals surface area contributed by atoms with E-state index in [1.165, 1.54) is 68.9 Å². The molecule has 0 amide bonds. The van der Waals surface area contributed by atoms with Crippen LogP contribution in [-0.2, 0) is 6.42 Å². The molecule has 2 aliphatic rings. The van der Waals surface area contributed by atoms with Crippen LogP contribution in [0.3, 0.4) is 0 Å². The summed E-state index contributed by atoms with van der Waals surface area (Å²) in [4.78, 5) is 8.42. The first-order valence-corrected chi connectivity index (χ1v) is 8.54. The summed E-state index contributed by atoms with van der Waals surface area (Å²) >= 11 is 1.81. The molecule has 1 aliphatic heterocycles. The molecule has 2 fully saturated rings. The van der Waals surface area contributed by atoms with Gasteiger partial charge in [0.05, 0.1) is 11.2 Å². The molecular weight excluding hydrogens is 325 g/mol. The molecule has 21 heavy (non-hydrogen) atoms. The third kappa shape index (κ3) is 6.03. The third-order valence-electron chi connectivity index (χ3n) is 4.48. The molecule has 0 aromatic carbocycles. The zero-order valence-corrected chi connectivity index (χ0v) is 15.2. The summed E-state index contributed by atoms with van der Waals surface area (Å²) in [5.41, 5.74) is 3.20. The molecule has 6 heteroatoms. The summed E-state index contributed by atoms with van der Waals surface area (Å²) in [7, 11) is 0.